The van der Waals surface area contributed by atoms with Gasteiger partial charge < -0.3 is 23.9 Å². The second-order valence-electron chi connectivity index (χ2n) is 6.71. The Hall–Kier alpha value is -2.19. The zero-order valence-corrected chi connectivity index (χ0v) is 13.7. The molecule has 0 amide bonds. The van der Waals surface area contributed by atoms with Crippen LogP contribution < -0.4 is 0 Å². The molecule has 2 aliphatic rings. The first kappa shape index (κ1) is 15.3. The summed E-state index contributed by atoms with van der Waals surface area (Å²) in [6.45, 7) is 5.57. The first-order valence-electron chi connectivity index (χ1n) is 7.89. The Morgan fingerprint density at radius 2 is 2.12 bits per heavy atom. The van der Waals surface area contributed by atoms with E-state index >= 15 is 0 Å². The lowest BCUT2D eigenvalue weighted by molar-refractivity contribution is -0.166. The molecule has 1 aliphatic carbocycles. The van der Waals surface area contributed by atoms with Crippen molar-refractivity contribution in [3.8, 4) is 0 Å². The van der Waals surface area contributed by atoms with Crippen LogP contribution in [-0.4, -0.2) is 49.9 Å². The van der Waals surface area contributed by atoms with Gasteiger partial charge in [-0.2, -0.15) is 0 Å². The minimum Gasteiger partial charge on any atom is -0.450 e. The van der Waals surface area contributed by atoms with E-state index in [4.69, 9.17) is 19.3 Å². The molecule has 0 unspecified atom stereocenters. The Bertz CT molecular complexity index is 802. The molecule has 8 heteroatoms. The average molecular weight is 333 g/mol. The van der Waals surface area contributed by atoms with Crippen LogP contribution in [0.25, 0.3) is 11.0 Å². The largest absolute Gasteiger partial charge is 0.506 e. The summed E-state index contributed by atoms with van der Waals surface area (Å²) in [6, 6.07) is 1.85. The molecule has 0 radical (unpaired) electrons. The highest BCUT2D eigenvalue weighted by molar-refractivity contribution is 5.78. The topological polar surface area (TPSA) is 95.7 Å². The van der Waals surface area contributed by atoms with Crippen LogP contribution in [0.3, 0.4) is 0 Å². The number of nitrogens with zero attached hydrogens (tertiary/aromatic N) is 3. The molecule has 8 nitrogen and oxygen atoms in total. The van der Waals surface area contributed by atoms with Crippen molar-refractivity contribution in [1.29, 1.82) is 0 Å². The van der Waals surface area contributed by atoms with Crippen molar-refractivity contribution in [2.45, 2.75) is 57.3 Å². The third-order valence-electron chi connectivity index (χ3n) is 4.70. The van der Waals surface area contributed by atoms with Gasteiger partial charge in [0.1, 0.15) is 30.3 Å². The van der Waals surface area contributed by atoms with E-state index in [1.165, 1.54) is 6.33 Å². The van der Waals surface area contributed by atoms with Gasteiger partial charge in [0.25, 0.3) is 0 Å². The molecule has 2 fully saturated rings. The quantitative estimate of drug-likeness (QED) is 0.842. The van der Waals surface area contributed by atoms with Gasteiger partial charge in [0.05, 0.1) is 11.7 Å². The van der Waals surface area contributed by atoms with Crippen molar-refractivity contribution < 1.29 is 24.1 Å². The Balaban J connectivity index is 1.74. The number of carboxylic acid groups (broad SMARTS) is 1. The van der Waals surface area contributed by atoms with Crippen LogP contribution in [0.15, 0.2) is 18.6 Å². The Morgan fingerprint density at radius 3 is 2.88 bits per heavy atom. The van der Waals surface area contributed by atoms with Crippen molar-refractivity contribution in [3.63, 3.8) is 0 Å². The lowest BCUT2D eigenvalue weighted by Gasteiger charge is -2.24. The second kappa shape index (κ2) is 5.15. The fourth-order valence-corrected chi connectivity index (χ4v) is 3.79. The Morgan fingerprint density at radius 1 is 1.38 bits per heavy atom. The number of rotatable bonds is 2. The smallest absolute Gasteiger partial charge is 0.450 e. The molecule has 0 bridgehead atoms. The normalized spacial score (nSPS) is 31.3. The number of ether oxygens (including phenoxy) is 3. The zero-order chi connectivity index (χ0) is 17.1. The van der Waals surface area contributed by atoms with Crippen molar-refractivity contribution >= 4 is 17.2 Å². The molecular weight excluding hydrogens is 314 g/mol. The third kappa shape index (κ3) is 2.33. The summed E-state index contributed by atoms with van der Waals surface area (Å²) in [5.74, 6) is -0.776. The number of aryl methyl sites for hydroxylation is 1. The van der Waals surface area contributed by atoms with Crippen molar-refractivity contribution in [2.24, 2.45) is 0 Å². The summed E-state index contributed by atoms with van der Waals surface area (Å²) < 4.78 is 19.0. The van der Waals surface area contributed by atoms with Crippen molar-refractivity contribution in [3.05, 3.63) is 24.3 Å². The van der Waals surface area contributed by atoms with E-state index in [1.807, 2.05) is 37.6 Å². The number of hydrogen-bond donors (Lipinski definition) is 1. The van der Waals surface area contributed by atoms with E-state index in [1.54, 1.807) is 0 Å². The second-order valence-corrected chi connectivity index (χ2v) is 6.71. The van der Waals surface area contributed by atoms with Gasteiger partial charge in [0, 0.05) is 18.0 Å². The summed E-state index contributed by atoms with van der Waals surface area (Å²) in [6.07, 6.45) is 1.35. The van der Waals surface area contributed by atoms with Gasteiger partial charge in [-0.3, -0.25) is 0 Å². The molecule has 1 saturated carbocycles. The predicted molar refractivity (Wildman–Crippen MR) is 82.6 cm³/mol. The summed E-state index contributed by atoms with van der Waals surface area (Å²) in [5.41, 5.74) is 1.70. The van der Waals surface area contributed by atoms with Gasteiger partial charge in [-0.25, -0.2) is 14.8 Å². The predicted octanol–water partition coefficient (Wildman–Crippen LogP) is 2.27. The summed E-state index contributed by atoms with van der Waals surface area (Å²) >= 11 is 0. The SMILES string of the molecule is Cc1ncnc2c1ccn2[C@@H]1C[C@H](OC(=O)O)[C@H]2OC(C)(C)O[C@H]21. The molecule has 0 spiro atoms. The molecular formula is C16H19N3O5. The fraction of sp³-hybridized carbons (Fsp3) is 0.562. The van der Waals surface area contributed by atoms with E-state index in [9.17, 15) is 4.79 Å². The molecule has 2 aromatic heterocycles. The number of carbonyl (C=O) groups is 1. The van der Waals surface area contributed by atoms with Gasteiger partial charge in [0.2, 0.25) is 0 Å². The van der Waals surface area contributed by atoms with Gasteiger partial charge >= 0.3 is 6.16 Å². The van der Waals surface area contributed by atoms with Crippen LogP contribution in [0, 0.1) is 6.92 Å². The molecule has 4 rings (SSSR count). The Labute approximate surface area is 138 Å². The first-order chi connectivity index (χ1) is 11.4. The molecule has 4 atom stereocenters. The lowest BCUT2D eigenvalue weighted by Crippen LogP contribution is -2.32. The number of fused-ring (bicyclic) bond motifs is 2. The Kier molecular flexibility index (Phi) is 3.29. The van der Waals surface area contributed by atoms with E-state index < -0.39 is 24.2 Å². The highest BCUT2D eigenvalue weighted by Gasteiger charge is 2.56. The highest BCUT2D eigenvalue weighted by Crippen LogP contribution is 2.45. The minimum atomic E-state index is -1.30. The molecule has 24 heavy (non-hydrogen) atoms. The van der Waals surface area contributed by atoms with Crippen molar-refractivity contribution in [2.75, 3.05) is 0 Å². The lowest BCUT2D eigenvalue weighted by atomic mass is 10.2. The van der Waals surface area contributed by atoms with Gasteiger partial charge in [-0.1, -0.05) is 0 Å². The van der Waals surface area contributed by atoms with Crippen LogP contribution in [0.1, 0.15) is 32.0 Å². The average Bonchev–Trinajstić information content (AvgIpc) is 3.12. The molecule has 3 heterocycles. The van der Waals surface area contributed by atoms with Crippen molar-refractivity contribution in [1.82, 2.24) is 14.5 Å². The van der Waals surface area contributed by atoms with E-state index in [-0.39, 0.29) is 12.1 Å². The summed E-state index contributed by atoms with van der Waals surface area (Å²) in [7, 11) is 0. The molecule has 1 saturated heterocycles. The van der Waals surface area contributed by atoms with Crippen LogP contribution >= 0.6 is 0 Å². The van der Waals surface area contributed by atoms with E-state index in [0.29, 0.717) is 6.42 Å². The maximum atomic E-state index is 11.0. The molecule has 1 N–H and O–H groups in total. The summed E-state index contributed by atoms with van der Waals surface area (Å²) in [5, 5.41) is 9.97. The van der Waals surface area contributed by atoms with Crippen LogP contribution in [-0.2, 0) is 14.2 Å². The fourth-order valence-electron chi connectivity index (χ4n) is 3.79. The maximum absolute atomic E-state index is 11.0. The number of aromatic nitrogens is 3. The minimum absolute atomic E-state index is 0.118. The van der Waals surface area contributed by atoms with Crippen LogP contribution in [0.5, 0.6) is 0 Å². The number of hydrogen-bond acceptors (Lipinski definition) is 6. The van der Waals surface area contributed by atoms with Crippen LogP contribution in [0.2, 0.25) is 0 Å². The summed E-state index contributed by atoms with van der Waals surface area (Å²) in [4.78, 5) is 19.6. The first-order valence-corrected chi connectivity index (χ1v) is 7.89. The molecule has 128 valence electrons. The maximum Gasteiger partial charge on any atom is 0.506 e. The van der Waals surface area contributed by atoms with Gasteiger partial charge in [-0.05, 0) is 26.8 Å². The standard InChI is InChI=1S/C16H19N3O5/c1-8-9-4-5-19(14(9)18-7-17-8)10-6-11(22-15(20)21)13-12(10)23-16(2,3)24-13/h4-5,7,10-13H,6H2,1-3H3,(H,20,21)/t10-,11+,12+,13-/m1/s1. The van der Waals surface area contributed by atoms with Crippen LogP contribution in [0.4, 0.5) is 4.79 Å². The third-order valence-corrected chi connectivity index (χ3v) is 4.70. The monoisotopic (exact) mass is 333 g/mol. The molecule has 1 aliphatic heterocycles. The zero-order valence-electron chi connectivity index (χ0n) is 13.7. The van der Waals surface area contributed by atoms with E-state index in [2.05, 4.69) is 9.97 Å². The molecule has 0 aromatic carbocycles. The molecule has 2 aromatic rings. The van der Waals surface area contributed by atoms with E-state index in [0.717, 1.165) is 16.7 Å². The highest BCUT2D eigenvalue weighted by atomic mass is 16.8. The van der Waals surface area contributed by atoms with Gasteiger partial charge in [-0.15, -0.1) is 0 Å². The van der Waals surface area contributed by atoms with Gasteiger partial charge in [0.15, 0.2) is 5.79 Å².